The molecule has 1 aliphatic rings. The first-order chi connectivity index (χ1) is 7.84. The van der Waals surface area contributed by atoms with E-state index in [2.05, 4.69) is 4.98 Å². The second-order valence-electron chi connectivity index (χ2n) is 3.69. The van der Waals surface area contributed by atoms with Gasteiger partial charge in [-0.15, -0.1) is 11.3 Å². The lowest BCUT2D eigenvalue weighted by atomic mass is 10.1. The summed E-state index contributed by atoms with van der Waals surface area (Å²) in [6, 6.07) is 7.61. The van der Waals surface area contributed by atoms with Crippen molar-refractivity contribution in [2.45, 2.75) is 6.42 Å². The summed E-state index contributed by atoms with van der Waals surface area (Å²) in [4.78, 5) is 17.3. The van der Waals surface area contributed by atoms with Gasteiger partial charge in [0.1, 0.15) is 0 Å². The third-order valence-electron chi connectivity index (χ3n) is 2.64. The number of Topliss-reactive ketones (excluding diaryl/α,β-unsaturated/α-hetero) is 1. The number of pyridine rings is 1. The third kappa shape index (κ3) is 1.49. The van der Waals surface area contributed by atoms with Crippen LogP contribution in [0, 0.1) is 0 Å². The van der Waals surface area contributed by atoms with Gasteiger partial charge in [0.15, 0.2) is 5.78 Å². The van der Waals surface area contributed by atoms with E-state index in [0.29, 0.717) is 0 Å². The van der Waals surface area contributed by atoms with Gasteiger partial charge in [0, 0.05) is 28.6 Å². The Kier molecular flexibility index (Phi) is 2.18. The molecule has 0 amide bonds. The van der Waals surface area contributed by atoms with Gasteiger partial charge < -0.3 is 0 Å². The normalized spacial score (nSPS) is 16.8. The Morgan fingerprint density at radius 2 is 2.25 bits per heavy atom. The molecule has 0 spiro atoms. The van der Waals surface area contributed by atoms with Crippen molar-refractivity contribution in [2.24, 2.45) is 0 Å². The second kappa shape index (κ2) is 3.68. The molecule has 2 aromatic heterocycles. The van der Waals surface area contributed by atoms with E-state index in [1.54, 1.807) is 17.5 Å². The molecule has 2 aromatic rings. The first-order valence-electron chi connectivity index (χ1n) is 5.07. The van der Waals surface area contributed by atoms with Crippen LogP contribution in [0.4, 0.5) is 0 Å². The molecule has 3 rings (SSSR count). The fourth-order valence-electron chi connectivity index (χ4n) is 1.86. The minimum atomic E-state index is 0.155. The van der Waals surface area contributed by atoms with E-state index in [9.17, 15) is 4.79 Å². The monoisotopic (exact) mass is 227 g/mol. The number of carbonyl (C=O) groups excluding carboxylic acids is 1. The summed E-state index contributed by atoms with van der Waals surface area (Å²) in [6.07, 6.45) is 4.37. The van der Waals surface area contributed by atoms with Crippen LogP contribution in [0.2, 0.25) is 0 Å². The van der Waals surface area contributed by atoms with E-state index >= 15 is 0 Å². The van der Waals surface area contributed by atoms with Crippen LogP contribution >= 0.6 is 11.3 Å². The second-order valence-corrected chi connectivity index (χ2v) is 4.69. The average Bonchev–Trinajstić information content (AvgIpc) is 2.86. The van der Waals surface area contributed by atoms with E-state index in [1.165, 1.54) is 4.88 Å². The quantitative estimate of drug-likeness (QED) is 0.701. The lowest BCUT2D eigenvalue weighted by molar-refractivity contribution is 0.104. The van der Waals surface area contributed by atoms with Crippen LogP contribution in [0.1, 0.15) is 20.9 Å². The maximum atomic E-state index is 12.0. The highest BCUT2D eigenvalue weighted by molar-refractivity contribution is 7.10. The molecule has 2 nitrogen and oxygen atoms in total. The summed E-state index contributed by atoms with van der Waals surface area (Å²) in [5, 5.41) is 1.97. The number of carbonyl (C=O) groups is 1. The lowest BCUT2D eigenvalue weighted by Gasteiger charge is -1.95. The van der Waals surface area contributed by atoms with Gasteiger partial charge in [-0.25, -0.2) is 0 Å². The predicted octanol–water partition coefficient (Wildman–Crippen LogP) is 2.97. The standard InChI is InChI=1S/C13H9NOS/c15-13-9(7-10-3-1-2-5-14-10)8-12-11(13)4-6-16-12/h1-7H,8H2. The summed E-state index contributed by atoms with van der Waals surface area (Å²) < 4.78 is 0. The van der Waals surface area contributed by atoms with E-state index in [1.807, 2.05) is 35.7 Å². The zero-order valence-corrected chi connectivity index (χ0v) is 9.33. The Morgan fingerprint density at radius 3 is 3.00 bits per heavy atom. The third-order valence-corrected chi connectivity index (χ3v) is 3.56. The van der Waals surface area contributed by atoms with Crippen LogP contribution in [-0.2, 0) is 6.42 Å². The number of ketones is 1. The molecule has 0 N–H and O–H groups in total. The molecule has 1 aliphatic carbocycles. The van der Waals surface area contributed by atoms with Gasteiger partial charge in [-0.1, -0.05) is 6.07 Å². The number of allylic oxidation sites excluding steroid dienone is 1. The molecule has 0 aromatic carbocycles. The van der Waals surface area contributed by atoms with Gasteiger partial charge >= 0.3 is 0 Å². The Bertz CT molecular complexity index is 569. The number of thiophene rings is 1. The highest BCUT2D eigenvalue weighted by Crippen LogP contribution is 2.31. The van der Waals surface area contributed by atoms with Crippen molar-refractivity contribution in [1.29, 1.82) is 0 Å². The molecule has 0 aliphatic heterocycles. The molecule has 3 heteroatoms. The van der Waals surface area contributed by atoms with E-state index in [0.717, 1.165) is 23.3 Å². The summed E-state index contributed by atoms with van der Waals surface area (Å²) in [5.41, 5.74) is 2.56. The molecule has 0 bridgehead atoms. The zero-order chi connectivity index (χ0) is 11.0. The minimum absolute atomic E-state index is 0.155. The highest BCUT2D eigenvalue weighted by Gasteiger charge is 2.25. The van der Waals surface area contributed by atoms with Gasteiger partial charge in [0.25, 0.3) is 0 Å². The Balaban J connectivity index is 1.98. The molecule has 0 unspecified atom stereocenters. The number of hydrogen-bond donors (Lipinski definition) is 0. The summed E-state index contributed by atoms with van der Waals surface area (Å²) in [5.74, 6) is 0.155. The van der Waals surface area contributed by atoms with Crippen molar-refractivity contribution in [3.8, 4) is 0 Å². The SMILES string of the molecule is O=C1C(=Cc2ccccn2)Cc2sccc21. The van der Waals surface area contributed by atoms with Crippen LogP contribution in [0.3, 0.4) is 0 Å². The molecule has 2 heterocycles. The van der Waals surface area contributed by atoms with Gasteiger partial charge in [0.2, 0.25) is 0 Å². The summed E-state index contributed by atoms with van der Waals surface area (Å²) in [7, 11) is 0. The number of hydrogen-bond acceptors (Lipinski definition) is 3. The topological polar surface area (TPSA) is 30.0 Å². The van der Waals surface area contributed by atoms with Crippen LogP contribution < -0.4 is 0 Å². The van der Waals surface area contributed by atoms with Crippen molar-refractivity contribution in [3.63, 3.8) is 0 Å². The molecule has 0 radical (unpaired) electrons. The zero-order valence-electron chi connectivity index (χ0n) is 8.51. The number of fused-ring (bicyclic) bond motifs is 1. The van der Waals surface area contributed by atoms with Crippen molar-refractivity contribution < 1.29 is 4.79 Å². The smallest absolute Gasteiger partial charge is 0.190 e. The van der Waals surface area contributed by atoms with E-state index < -0.39 is 0 Å². The number of aromatic nitrogens is 1. The van der Waals surface area contributed by atoms with E-state index in [-0.39, 0.29) is 5.78 Å². The van der Waals surface area contributed by atoms with Gasteiger partial charge in [-0.2, -0.15) is 0 Å². The van der Waals surface area contributed by atoms with Gasteiger partial charge in [-0.05, 0) is 29.7 Å². The Labute approximate surface area is 97.3 Å². The molecule has 78 valence electrons. The van der Waals surface area contributed by atoms with Gasteiger partial charge in [-0.3, -0.25) is 9.78 Å². The molecule has 0 atom stereocenters. The fourth-order valence-corrected chi connectivity index (χ4v) is 2.76. The minimum Gasteiger partial charge on any atom is -0.289 e. The molecular weight excluding hydrogens is 218 g/mol. The first-order valence-corrected chi connectivity index (χ1v) is 5.95. The summed E-state index contributed by atoms with van der Waals surface area (Å²) >= 11 is 1.65. The van der Waals surface area contributed by atoms with Crippen LogP contribution in [0.15, 0.2) is 41.4 Å². The van der Waals surface area contributed by atoms with Crippen LogP contribution in [0.25, 0.3) is 6.08 Å². The largest absolute Gasteiger partial charge is 0.289 e. The molecule has 0 saturated carbocycles. The number of rotatable bonds is 1. The summed E-state index contributed by atoms with van der Waals surface area (Å²) in [6.45, 7) is 0. The van der Waals surface area contributed by atoms with Crippen molar-refractivity contribution in [3.05, 3.63) is 57.6 Å². The van der Waals surface area contributed by atoms with Crippen molar-refractivity contribution >= 4 is 23.2 Å². The fraction of sp³-hybridized carbons (Fsp3) is 0.0769. The Morgan fingerprint density at radius 1 is 1.31 bits per heavy atom. The van der Waals surface area contributed by atoms with Crippen LogP contribution in [-0.4, -0.2) is 10.8 Å². The maximum absolute atomic E-state index is 12.0. The molecular formula is C13H9NOS. The Hall–Kier alpha value is -1.74. The van der Waals surface area contributed by atoms with Gasteiger partial charge in [0.05, 0.1) is 5.69 Å². The lowest BCUT2D eigenvalue weighted by Crippen LogP contribution is -1.95. The van der Waals surface area contributed by atoms with Crippen LogP contribution in [0.5, 0.6) is 0 Å². The predicted molar refractivity (Wildman–Crippen MR) is 64.6 cm³/mol. The van der Waals surface area contributed by atoms with Crippen molar-refractivity contribution in [1.82, 2.24) is 4.98 Å². The molecule has 16 heavy (non-hydrogen) atoms. The molecule has 0 saturated heterocycles. The average molecular weight is 227 g/mol. The number of nitrogens with zero attached hydrogens (tertiary/aromatic N) is 1. The molecule has 0 fully saturated rings. The van der Waals surface area contributed by atoms with Crippen molar-refractivity contribution in [2.75, 3.05) is 0 Å². The maximum Gasteiger partial charge on any atom is 0.190 e. The van der Waals surface area contributed by atoms with E-state index in [4.69, 9.17) is 0 Å². The first kappa shape index (κ1) is 9.48. The highest BCUT2D eigenvalue weighted by atomic mass is 32.1.